The zero-order valence-electron chi connectivity index (χ0n) is 18.4. The minimum Gasteiger partial charge on any atom is -0.493 e. The molecule has 4 rings (SSSR count). The fourth-order valence-corrected chi connectivity index (χ4v) is 4.60. The normalized spacial score (nSPS) is 12.1. The van der Waals surface area contributed by atoms with Crippen LogP contribution in [0.5, 0.6) is 5.88 Å². The molecule has 2 aromatic heterocycles. The number of aromatic nitrogens is 1. The minimum absolute atomic E-state index is 0.0295. The molecule has 0 unspecified atom stereocenters. The molecule has 0 aliphatic rings. The molecule has 0 atom stereocenters. The van der Waals surface area contributed by atoms with Crippen LogP contribution in [0.1, 0.15) is 30.0 Å². The fourth-order valence-electron chi connectivity index (χ4n) is 3.32. The van der Waals surface area contributed by atoms with Crippen LogP contribution in [-0.2, 0) is 16.6 Å². The van der Waals surface area contributed by atoms with E-state index in [1.54, 1.807) is 56.3 Å². The molecular weight excluding hydrogens is 458 g/mol. The summed E-state index contributed by atoms with van der Waals surface area (Å²) in [5.74, 6) is -0.0407. The maximum Gasteiger partial charge on any atom is 0.253 e. The van der Waals surface area contributed by atoms with Crippen LogP contribution >= 0.6 is 0 Å². The number of azo groups is 1. The average molecular weight is 482 g/mol. The third kappa shape index (κ3) is 5.00. The molecule has 176 valence electrons. The number of nitrogens with zero attached hydrogens (tertiary/aromatic N) is 2. The molecule has 0 fully saturated rings. The molecule has 34 heavy (non-hydrogen) atoms. The molecule has 0 aliphatic heterocycles. The van der Waals surface area contributed by atoms with E-state index in [0.717, 1.165) is 0 Å². The molecule has 1 amide bonds. The van der Waals surface area contributed by atoms with Crippen molar-refractivity contribution in [3.8, 4) is 5.88 Å². The van der Waals surface area contributed by atoms with Gasteiger partial charge < -0.3 is 19.8 Å². The highest BCUT2D eigenvalue weighted by molar-refractivity contribution is 7.89. The van der Waals surface area contributed by atoms with Gasteiger partial charge in [-0.05, 0) is 56.3 Å². The molecule has 2 heterocycles. The second-order valence-corrected chi connectivity index (χ2v) is 9.50. The SMILES string of the molecule is CC(C)NS(=O)(=O)c1ccc2[nH]c(O)c(N=Nc3ccccc3C(=O)NCc3ccco3)c2c1. The van der Waals surface area contributed by atoms with E-state index in [1.165, 1.54) is 18.4 Å². The van der Waals surface area contributed by atoms with E-state index < -0.39 is 10.0 Å². The van der Waals surface area contributed by atoms with Gasteiger partial charge in [0, 0.05) is 11.4 Å². The summed E-state index contributed by atoms with van der Waals surface area (Å²) in [6.45, 7) is 3.66. The summed E-state index contributed by atoms with van der Waals surface area (Å²) in [7, 11) is -3.75. The summed E-state index contributed by atoms with van der Waals surface area (Å²) in [5, 5.41) is 21.8. The van der Waals surface area contributed by atoms with Crippen molar-refractivity contribution < 1.29 is 22.7 Å². The Morgan fingerprint density at radius 3 is 2.65 bits per heavy atom. The quantitative estimate of drug-likeness (QED) is 0.273. The van der Waals surface area contributed by atoms with Gasteiger partial charge in [-0.2, -0.15) is 0 Å². The number of furan rings is 1. The molecule has 0 bridgehead atoms. The van der Waals surface area contributed by atoms with Crippen molar-refractivity contribution >= 4 is 38.2 Å². The molecule has 0 aliphatic carbocycles. The Kier molecular flexibility index (Phi) is 6.48. The van der Waals surface area contributed by atoms with Crippen LogP contribution in [0.3, 0.4) is 0 Å². The number of amides is 1. The number of hydrogen-bond acceptors (Lipinski definition) is 7. The van der Waals surface area contributed by atoms with Gasteiger partial charge in [0.25, 0.3) is 5.91 Å². The van der Waals surface area contributed by atoms with Gasteiger partial charge in [0.1, 0.15) is 5.76 Å². The van der Waals surface area contributed by atoms with Crippen LogP contribution in [0.4, 0.5) is 11.4 Å². The summed E-state index contributed by atoms with van der Waals surface area (Å²) in [4.78, 5) is 15.4. The lowest BCUT2D eigenvalue weighted by Crippen LogP contribution is -2.30. The predicted molar refractivity (Wildman–Crippen MR) is 126 cm³/mol. The molecule has 0 radical (unpaired) electrons. The topological polar surface area (TPSA) is 149 Å². The van der Waals surface area contributed by atoms with Gasteiger partial charge >= 0.3 is 0 Å². The first-order valence-corrected chi connectivity index (χ1v) is 11.9. The van der Waals surface area contributed by atoms with Crippen molar-refractivity contribution in [2.75, 3.05) is 0 Å². The summed E-state index contributed by atoms with van der Waals surface area (Å²) in [5.41, 5.74) is 1.10. The first-order valence-electron chi connectivity index (χ1n) is 10.4. The Labute approximate surface area is 195 Å². The predicted octanol–water partition coefficient (Wildman–Crippen LogP) is 4.50. The third-order valence-electron chi connectivity index (χ3n) is 4.83. The molecule has 0 spiro atoms. The lowest BCUT2D eigenvalue weighted by molar-refractivity contribution is 0.0948. The van der Waals surface area contributed by atoms with Gasteiger partial charge in [0.2, 0.25) is 15.9 Å². The van der Waals surface area contributed by atoms with Crippen LogP contribution in [0.25, 0.3) is 10.9 Å². The average Bonchev–Trinajstić information content (AvgIpc) is 3.42. The van der Waals surface area contributed by atoms with E-state index >= 15 is 0 Å². The van der Waals surface area contributed by atoms with Crippen molar-refractivity contribution in [1.82, 2.24) is 15.0 Å². The maximum atomic E-state index is 12.7. The van der Waals surface area contributed by atoms with Crippen LogP contribution in [0.15, 0.2) is 80.4 Å². The highest BCUT2D eigenvalue weighted by Crippen LogP contribution is 2.37. The summed E-state index contributed by atoms with van der Waals surface area (Å²) in [6.07, 6.45) is 1.52. The fraction of sp³-hybridized carbons (Fsp3) is 0.174. The van der Waals surface area contributed by atoms with E-state index in [9.17, 15) is 18.3 Å². The van der Waals surface area contributed by atoms with Gasteiger partial charge in [-0.3, -0.25) is 4.79 Å². The molecule has 10 nitrogen and oxygen atoms in total. The molecular formula is C23H23N5O5S. The lowest BCUT2D eigenvalue weighted by Gasteiger charge is -2.09. The van der Waals surface area contributed by atoms with Gasteiger partial charge in [0.15, 0.2) is 5.69 Å². The number of carbonyl (C=O) groups excluding carboxylic acids is 1. The highest BCUT2D eigenvalue weighted by Gasteiger charge is 2.19. The summed E-state index contributed by atoms with van der Waals surface area (Å²) >= 11 is 0. The largest absolute Gasteiger partial charge is 0.493 e. The second kappa shape index (κ2) is 9.49. The van der Waals surface area contributed by atoms with Crippen molar-refractivity contribution in [2.24, 2.45) is 10.2 Å². The van der Waals surface area contributed by atoms with Crippen molar-refractivity contribution in [3.63, 3.8) is 0 Å². The molecule has 0 saturated heterocycles. The zero-order valence-corrected chi connectivity index (χ0v) is 19.3. The van der Waals surface area contributed by atoms with Gasteiger partial charge in [-0.15, -0.1) is 10.2 Å². The lowest BCUT2D eigenvalue weighted by atomic mass is 10.1. The van der Waals surface area contributed by atoms with Crippen LogP contribution in [0.2, 0.25) is 0 Å². The Morgan fingerprint density at radius 1 is 1.12 bits per heavy atom. The molecule has 4 N–H and O–H groups in total. The Balaban J connectivity index is 1.64. The number of H-pyrrole nitrogens is 1. The van der Waals surface area contributed by atoms with E-state index in [0.29, 0.717) is 16.7 Å². The zero-order chi connectivity index (χ0) is 24.3. The number of benzene rings is 2. The summed E-state index contributed by atoms with van der Waals surface area (Å²) in [6, 6.07) is 14.2. The Bertz CT molecular complexity index is 1460. The van der Waals surface area contributed by atoms with E-state index in [-0.39, 0.29) is 46.2 Å². The van der Waals surface area contributed by atoms with Gasteiger partial charge in [0.05, 0.1) is 34.5 Å². The highest BCUT2D eigenvalue weighted by atomic mass is 32.2. The standard InChI is InChI=1S/C23H23N5O5S/c1-14(2)28-34(31,32)16-9-10-19-18(12-16)21(23(30)25-19)27-26-20-8-4-3-7-17(20)22(29)24-13-15-6-5-11-33-15/h3-12,14,25,28,30H,13H2,1-2H3,(H,24,29). The van der Waals surface area contributed by atoms with Gasteiger partial charge in [-0.25, -0.2) is 13.1 Å². The maximum absolute atomic E-state index is 12.7. The van der Waals surface area contributed by atoms with Crippen molar-refractivity contribution in [3.05, 3.63) is 72.2 Å². The van der Waals surface area contributed by atoms with Gasteiger partial charge in [-0.1, -0.05) is 12.1 Å². The number of sulfonamides is 1. The Hall–Kier alpha value is -3.96. The van der Waals surface area contributed by atoms with Crippen molar-refractivity contribution in [2.45, 2.75) is 31.3 Å². The first-order chi connectivity index (χ1) is 16.2. The molecule has 0 saturated carbocycles. The number of aromatic hydroxyl groups is 1. The minimum atomic E-state index is -3.75. The number of aromatic amines is 1. The van der Waals surface area contributed by atoms with E-state index in [4.69, 9.17) is 4.42 Å². The number of rotatable bonds is 8. The van der Waals surface area contributed by atoms with E-state index in [1.807, 2.05) is 0 Å². The Morgan fingerprint density at radius 2 is 1.91 bits per heavy atom. The third-order valence-corrected chi connectivity index (χ3v) is 6.49. The summed E-state index contributed by atoms with van der Waals surface area (Å²) < 4.78 is 32.9. The smallest absolute Gasteiger partial charge is 0.253 e. The monoisotopic (exact) mass is 481 g/mol. The molecule has 11 heteroatoms. The number of fused-ring (bicyclic) bond motifs is 1. The van der Waals surface area contributed by atoms with Crippen LogP contribution in [0, 0.1) is 0 Å². The number of nitrogens with one attached hydrogen (secondary N) is 3. The van der Waals surface area contributed by atoms with Crippen LogP contribution < -0.4 is 10.0 Å². The number of hydrogen-bond donors (Lipinski definition) is 4. The molecule has 4 aromatic rings. The van der Waals surface area contributed by atoms with E-state index in [2.05, 4.69) is 25.3 Å². The molecule has 2 aromatic carbocycles. The van der Waals surface area contributed by atoms with Crippen molar-refractivity contribution in [1.29, 1.82) is 0 Å². The second-order valence-electron chi connectivity index (χ2n) is 7.78. The van der Waals surface area contributed by atoms with Crippen LogP contribution in [-0.4, -0.2) is 30.5 Å². The first kappa shape index (κ1) is 23.2. The number of carbonyl (C=O) groups is 1.